The lowest BCUT2D eigenvalue weighted by molar-refractivity contribution is -0.147. The van der Waals surface area contributed by atoms with Gasteiger partial charge in [0.2, 0.25) is 0 Å². The smallest absolute Gasteiger partial charge is 0.333 e. The van der Waals surface area contributed by atoms with E-state index in [1.807, 2.05) is 20.8 Å². The second kappa shape index (κ2) is 4.10. The molecule has 0 amide bonds. The molecule has 2 aliphatic rings. The summed E-state index contributed by atoms with van der Waals surface area (Å²) in [5.41, 5.74) is 1.69. The van der Waals surface area contributed by atoms with Crippen LogP contribution < -0.4 is 0 Å². The lowest BCUT2D eigenvalue weighted by Gasteiger charge is -2.30. The van der Waals surface area contributed by atoms with Crippen molar-refractivity contribution in [2.75, 3.05) is 7.11 Å². The fraction of sp³-hybridized carbons (Fsp3) is 0.769. The Morgan fingerprint density at radius 1 is 1.41 bits per heavy atom. The Balaban J connectivity index is 2.33. The maximum atomic E-state index is 11.7. The Bertz CT molecular complexity index is 370. The molecule has 17 heavy (non-hydrogen) atoms. The minimum atomic E-state index is -0.573. The number of ether oxygens (including phenoxy) is 3. The van der Waals surface area contributed by atoms with Crippen LogP contribution in [-0.2, 0) is 19.0 Å². The maximum absolute atomic E-state index is 11.7. The average Bonchev–Trinajstić information content (AvgIpc) is 2.59. The number of carbonyl (C=O) groups is 1. The first kappa shape index (κ1) is 12.6. The van der Waals surface area contributed by atoms with Gasteiger partial charge in [-0.2, -0.15) is 0 Å². The van der Waals surface area contributed by atoms with Crippen molar-refractivity contribution >= 4 is 5.97 Å². The molecule has 2 unspecified atom stereocenters. The maximum Gasteiger partial charge on any atom is 0.333 e. The van der Waals surface area contributed by atoms with Crippen molar-refractivity contribution < 1.29 is 19.0 Å². The van der Waals surface area contributed by atoms with E-state index in [0.717, 1.165) is 11.1 Å². The molecule has 1 saturated heterocycles. The molecule has 0 aromatic rings. The van der Waals surface area contributed by atoms with Crippen LogP contribution in [0, 0.1) is 5.92 Å². The molecule has 96 valence electrons. The third-order valence-corrected chi connectivity index (χ3v) is 3.55. The van der Waals surface area contributed by atoms with Gasteiger partial charge in [0.1, 0.15) is 6.10 Å². The van der Waals surface area contributed by atoms with Crippen LogP contribution >= 0.6 is 0 Å². The molecule has 0 radical (unpaired) electrons. The largest absolute Gasteiger partial charge is 0.466 e. The molecule has 0 bridgehead atoms. The molecule has 1 heterocycles. The van der Waals surface area contributed by atoms with Crippen LogP contribution in [0.4, 0.5) is 0 Å². The first-order valence-corrected chi connectivity index (χ1v) is 5.99. The zero-order valence-corrected chi connectivity index (χ0v) is 11.1. The number of methoxy groups -OCH3 is 1. The highest BCUT2D eigenvalue weighted by Gasteiger charge is 2.48. The Kier molecular flexibility index (Phi) is 3.04. The minimum Gasteiger partial charge on any atom is -0.466 e. The lowest BCUT2D eigenvalue weighted by atomic mass is 9.81. The van der Waals surface area contributed by atoms with Gasteiger partial charge in [-0.25, -0.2) is 4.79 Å². The van der Waals surface area contributed by atoms with E-state index in [2.05, 4.69) is 6.92 Å². The van der Waals surface area contributed by atoms with Crippen molar-refractivity contribution in [1.82, 2.24) is 0 Å². The van der Waals surface area contributed by atoms with E-state index in [9.17, 15) is 4.79 Å². The molecule has 4 heteroatoms. The van der Waals surface area contributed by atoms with Gasteiger partial charge in [-0.05, 0) is 38.7 Å². The molecular weight excluding hydrogens is 220 g/mol. The van der Waals surface area contributed by atoms with Gasteiger partial charge in [0, 0.05) is 5.57 Å². The van der Waals surface area contributed by atoms with Crippen molar-refractivity contribution in [1.29, 1.82) is 0 Å². The number of esters is 1. The Labute approximate surface area is 102 Å². The van der Waals surface area contributed by atoms with E-state index in [0.29, 0.717) is 6.42 Å². The first-order chi connectivity index (χ1) is 7.85. The van der Waals surface area contributed by atoms with Crippen molar-refractivity contribution in [3.05, 3.63) is 11.1 Å². The van der Waals surface area contributed by atoms with Gasteiger partial charge >= 0.3 is 5.97 Å². The van der Waals surface area contributed by atoms with Crippen molar-refractivity contribution in [3.63, 3.8) is 0 Å². The number of carbonyl (C=O) groups excluding carboxylic acids is 1. The van der Waals surface area contributed by atoms with Gasteiger partial charge < -0.3 is 14.2 Å². The number of hydrogen-bond acceptors (Lipinski definition) is 4. The lowest BCUT2D eigenvalue weighted by Crippen LogP contribution is -2.36. The second-order valence-electron chi connectivity index (χ2n) is 5.36. The van der Waals surface area contributed by atoms with E-state index in [4.69, 9.17) is 14.2 Å². The van der Waals surface area contributed by atoms with Crippen LogP contribution in [-0.4, -0.2) is 31.1 Å². The van der Waals surface area contributed by atoms with E-state index in [1.165, 1.54) is 7.11 Å². The third-order valence-electron chi connectivity index (χ3n) is 3.55. The summed E-state index contributed by atoms with van der Waals surface area (Å²) >= 11 is 0. The summed E-state index contributed by atoms with van der Waals surface area (Å²) in [7, 11) is 1.41. The normalized spacial score (nSPS) is 35.7. The Morgan fingerprint density at radius 3 is 2.65 bits per heavy atom. The fourth-order valence-electron chi connectivity index (χ4n) is 2.68. The van der Waals surface area contributed by atoms with Crippen LogP contribution in [0.15, 0.2) is 11.1 Å². The van der Waals surface area contributed by atoms with Crippen LogP contribution in [0.3, 0.4) is 0 Å². The van der Waals surface area contributed by atoms with Crippen LogP contribution in [0.5, 0.6) is 0 Å². The summed E-state index contributed by atoms with van der Waals surface area (Å²) in [4.78, 5) is 11.7. The highest BCUT2D eigenvalue weighted by Crippen LogP contribution is 2.42. The molecule has 2 rings (SSSR count). The highest BCUT2D eigenvalue weighted by molar-refractivity contribution is 5.89. The Hall–Kier alpha value is -0.870. The zero-order chi connectivity index (χ0) is 12.8. The summed E-state index contributed by atoms with van der Waals surface area (Å²) in [5.74, 6) is -0.558. The molecular formula is C13H20O4. The molecule has 0 N–H and O–H groups in total. The monoisotopic (exact) mass is 240 g/mol. The van der Waals surface area contributed by atoms with Gasteiger partial charge in [0.05, 0.1) is 13.2 Å². The number of fused-ring (bicyclic) bond motifs is 1. The summed E-state index contributed by atoms with van der Waals surface area (Å²) in [5, 5.41) is 0. The van der Waals surface area contributed by atoms with E-state index >= 15 is 0 Å². The molecule has 0 aromatic carbocycles. The molecule has 1 fully saturated rings. The predicted molar refractivity (Wildman–Crippen MR) is 62.3 cm³/mol. The van der Waals surface area contributed by atoms with E-state index < -0.39 is 5.79 Å². The van der Waals surface area contributed by atoms with Gasteiger partial charge in [0.15, 0.2) is 5.79 Å². The third kappa shape index (κ3) is 2.11. The summed E-state index contributed by atoms with van der Waals surface area (Å²) in [6.07, 6.45) is 0.611. The standard InChI is InChI=1S/C13H20O4/c1-7-6-9(12(14)15-5)8(2)11-10(7)16-13(3,4)17-11/h7,10-11H,6H2,1-5H3/t7-,10?,11?/m1/s1. The topological polar surface area (TPSA) is 44.8 Å². The minimum absolute atomic E-state index is 0.0402. The summed E-state index contributed by atoms with van der Waals surface area (Å²) < 4.78 is 16.6. The molecule has 0 saturated carbocycles. The SMILES string of the molecule is COC(=O)C1=C(C)C2OC(C)(C)OC2[C@H](C)C1. The number of rotatable bonds is 1. The van der Waals surface area contributed by atoms with Crippen LogP contribution in [0.2, 0.25) is 0 Å². The van der Waals surface area contributed by atoms with E-state index in [-0.39, 0.29) is 24.1 Å². The fourth-order valence-corrected chi connectivity index (χ4v) is 2.68. The number of hydrogen-bond donors (Lipinski definition) is 0. The molecule has 1 aliphatic carbocycles. The van der Waals surface area contributed by atoms with Gasteiger partial charge in [-0.3, -0.25) is 0 Å². The molecule has 4 nitrogen and oxygen atoms in total. The molecule has 0 spiro atoms. The highest BCUT2D eigenvalue weighted by atomic mass is 16.8. The average molecular weight is 240 g/mol. The molecule has 0 aromatic heterocycles. The second-order valence-corrected chi connectivity index (χ2v) is 5.36. The Morgan fingerprint density at radius 2 is 2.06 bits per heavy atom. The van der Waals surface area contributed by atoms with Gasteiger partial charge in [0.25, 0.3) is 0 Å². The zero-order valence-electron chi connectivity index (χ0n) is 11.1. The summed E-state index contributed by atoms with van der Waals surface area (Å²) in [6.45, 7) is 7.82. The van der Waals surface area contributed by atoms with E-state index in [1.54, 1.807) is 0 Å². The van der Waals surface area contributed by atoms with Gasteiger partial charge in [-0.1, -0.05) is 6.92 Å². The molecule has 3 atom stereocenters. The van der Waals surface area contributed by atoms with Gasteiger partial charge in [-0.15, -0.1) is 0 Å². The van der Waals surface area contributed by atoms with Crippen molar-refractivity contribution in [2.45, 2.75) is 52.1 Å². The first-order valence-electron chi connectivity index (χ1n) is 5.99. The molecule has 1 aliphatic heterocycles. The quantitative estimate of drug-likeness (QED) is 0.658. The summed E-state index contributed by atoms with van der Waals surface area (Å²) in [6, 6.07) is 0. The predicted octanol–water partition coefficient (Wildman–Crippen LogP) is 2.04. The van der Waals surface area contributed by atoms with Crippen molar-refractivity contribution in [3.8, 4) is 0 Å². The van der Waals surface area contributed by atoms with Crippen molar-refractivity contribution in [2.24, 2.45) is 5.92 Å². The van der Waals surface area contributed by atoms with Crippen LogP contribution in [0.25, 0.3) is 0 Å². The van der Waals surface area contributed by atoms with Crippen LogP contribution in [0.1, 0.15) is 34.1 Å².